The number of halogens is 1. The highest BCUT2D eigenvalue weighted by atomic mass is 35.5. The van der Waals surface area contributed by atoms with Crippen LogP contribution in [0.1, 0.15) is 36.0 Å². The van der Waals surface area contributed by atoms with Crippen LogP contribution in [-0.2, 0) is 24.1 Å². The number of H-pyrrole nitrogens is 1. The van der Waals surface area contributed by atoms with Crippen LogP contribution in [0.25, 0.3) is 10.2 Å². The number of rotatable bonds is 4. The Hall–Kier alpha value is -2.38. The molecule has 1 unspecified atom stereocenters. The van der Waals surface area contributed by atoms with E-state index in [0.29, 0.717) is 29.5 Å². The van der Waals surface area contributed by atoms with Gasteiger partial charge >= 0.3 is 0 Å². The normalized spacial score (nSPS) is 15.7. The molecule has 8 heteroatoms. The van der Waals surface area contributed by atoms with Crippen molar-refractivity contribution in [1.29, 1.82) is 0 Å². The third-order valence-electron chi connectivity index (χ3n) is 5.04. The third kappa shape index (κ3) is 4.05. The second kappa shape index (κ2) is 8.32. The second-order valence-corrected chi connectivity index (χ2v) is 8.26. The molecule has 1 aliphatic carbocycles. The Balaban J connectivity index is 0.00000225. The van der Waals surface area contributed by atoms with Crippen LogP contribution >= 0.6 is 23.7 Å². The van der Waals surface area contributed by atoms with Crippen molar-refractivity contribution in [2.45, 2.75) is 39.0 Å². The summed E-state index contributed by atoms with van der Waals surface area (Å²) in [5.74, 6) is 1.04. The Morgan fingerprint density at radius 1 is 1.39 bits per heavy atom. The molecule has 0 saturated heterocycles. The lowest BCUT2D eigenvalue weighted by atomic mass is 9.89. The molecule has 4 N–H and O–H groups in total. The molecule has 0 aliphatic heterocycles. The van der Waals surface area contributed by atoms with Gasteiger partial charge in [-0.3, -0.25) is 9.59 Å². The first-order valence-corrected chi connectivity index (χ1v) is 10.0. The van der Waals surface area contributed by atoms with Crippen LogP contribution < -0.4 is 16.6 Å². The van der Waals surface area contributed by atoms with Crippen molar-refractivity contribution in [3.05, 3.63) is 50.9 Å². The largest absolute Gasteiger partial charge is 0.397 e. The van der Waals surface area contributed by atoms with Crippen LogP contribution in [0.15, 0.2) is 29.1 Å². The molecular formula is C20H23ClN4O2S. The number of aromatic amines is 1. The molecule has 1 atom stereocenters. The van der Waals surface area contributed by atoms with Crippen molar-refractivity contribution in [2.24, 2.45) is 5.92 Å². The highest BCUT2D eigenvalue weighted by molar-refractivity contribution is 7.18. The minimum Gasteiger partial charge on any atom is -0.397 e. The summed E-state index contributed by atoms with van der Waals surface area (Å²) in [4.78, 5) is 34.4. The van der Waals surface area contributed by atoms with Crippen molar-refractivity contribution >= 4 is 51.2 Å². The number of benzene rings is 1. The Bertz CT molecular complexity index is 1080. The molecule has 148 valence electrons. The maximum absolute atomic E-state index is 12.6. The van der Waals surface area contributed by atoms with E-state index in [2.05, 4.69) is 22.2 Å². The van der Waals surface area contributed by atoms with Crippen molar-refractivity contribution < 1.29 is 4.79 Å². The lowest BCUT2D eigenvalue weighted by Crippen LogP contribution is -2.17. The number of anilines is 2. The zero-order valence-corrected chi connectivity index (χ0v) is 17.2. The van der Waals surface area contributed by atoms with Crippen molar-refractivity contribution in [2.75, 3.05) is 11.1 Å². The number of carbonyl (C=O) groups excluding carboxylic acids is 1. The predicted molar refractivity (Wildman–Crippen MR) is 116 cm³/mol. The van der Waals surface area contributed by atoms with E-state index < -0.39 is 0 Å². The van der Waals surface area contributed by atoms with Gasteiger partial charge < -0.3 is 16.0 Å². The molecule has 0 bridgehead atoms. The lowest BCUT2D eigenvalue weighted by molar-refractivity contribution is -0.116. The van der Waals surface area contributed by atoms with Gasteiger partial charge in [-0.1, -0.05) is 19.1 Å². The summed E-state index contributed by atoms with van der Waals surface area (Å²) in [5.41, 5.74) is 8.05. The standard InChI is InChI=1S/C20H22N4O2S.ClH/c1-11-6-7-12-15(10-11)27-20-18(12)19(26)23-16(24-20)8-9-17(25)22-14-5-3-2-4-13(14)21;/h2-5,11H,6-10,21H2,1H3,(H,22,25)(H,23,24,26);1H. The monoisotopic (exact) mass is 418 g/mol. The summed E-state index contributed by atoms with van der Waals surface area (Å²) in [6.45, 7) is 2.24. The zero-order valence-electron chi connectivity index (χ0n) is 15.6. The molecule has 0 saturated carbocycles. The van der Waals surface area contributed by atoms with E-state index in [-0.39, 0.29) is 30.3 Å². The Morgan fingerprint density at radius 2 is 2.18 bits per heavy atom. The summed E-state index contributed by atoms with van der Waals surface area (Å²) < 4.78 is 0. The number of aromatic nitrogens is 2. The molecular weight excluding hydrogens is 396 g/mol. The van der Waals surface area contributed by atoms with Gasteiger partial charge in [-0.15, -0.1) is 23.7 Å². The number of nitrogens with zero attached hydrogens (tertiary/aromatic N) is 1. The van der Waals surface area contributed by atoms with Gasteiger partial charge in [-0.25, -0.2) is 4.98 Å². The number of para-hydroxylation sites is 2. The first-order valence-electron chi connectivity index (χ1n) is 9.19. The minimum absolute atomic E-state index is 0. The maximum Gasteiger partial charge on any atom is 0.259 e. The van der Waals surface area contributed by atoms with Crippen molar-refractivity contribution in [1.82, 2.24) is 9.97 Å². The topological polar surface area (TPSA) is 101 Å². The van der Waals surface area contributed by atoms with Crippen molar-refractivity contribution in [3.8, 4) is 0 Å². The van der Waals surface area contributed by atoms with Gasteiger partial charge in [0.15, 0.2) is 0 Å². The molecule has 4 rings (SSSR count). The van der Waals surface area contributed by atoms with Crippen molar-refractivity contribution in [3.63, 3.8) is 0 Å². The number of nitrogen functional groups attached to an aromatic ring is 1. The van der Waals surface area contributed by atoms with Gasteiger partial charge in [0.2, 0.25) is 5.91 Å². The fraction of sp³-hybridized carbons (Fsp3) is 0.350. The van der Waals surface area contributed by atoms with E-state index in [4.69, 9.17) is 5.73 Å². The number of carbonyl (C=O) groups is 1. The molecule has 0 radical (unpaired) electrons. The first kappa shape index (κ1) is 20.4. The lowest BCUT2D eigenvalue weighted by Gasteiger charge is -2.17. The number of hydrogen-bond donors (Lipinski definition) is 3. The molecule has 6 nitrogen and oxygen atoms in total. The average Bonchev–Trinajstić information content (AvgIpc) is 2.99. The Morgan fingerprint density at radius 3 is 2.96 bits per heavy atom. The number of hydrogen-bond acceptors (Lipinski definition) is 5. The average molecular weight is 419 g/mol. The van der Waals surface area contributed by atoms with E-state index >= 15 is 0 Å². The minimum atomic E-state index is -0.157. The summed E-state index contributed by atoms with van der Waals surface area (Å²) >= 11 is 1.62. The van der Waals surface area contributed by atoms with E-state index in [1.54, 1.807) is 23.5 Å². The Kier molecular flexibility index (Phi) is 6.05. The highest BCUT2D eigenvalue weighted by Crippen LogP contribution is 2.35. The molecule has 28 heavy (non-hydrogen) atoms. The number of thiophene rings is 1. The number of fused-ring (bicyclic) bond motifs is 3. The fourth-order valence-electron chi connectivity index (χ4n) is 3.57. The van der Waals surface area contributed by atoms with Gasteiger partial charge in [0, 0.05) is 17.7 Å². The number of nitrogens with two attached hydrogens (primary N) is 1. The predicted octanol–water partition coefficient (Wildman–Crippen LogP) is 3.68. The van der Waals surface area contributed by atoms with Gasteiger partial charge in [0.25, 0.3) is 5.56 Å². The van der Waals surface area contributed by atoms with Gasteiger partial charge in [0.1, 0.15) is 10.7 Å². The number of nitrogens with one attached hydrogen (secondary N) is 2. The van der Waals surface area contributed by atoms with Crippen LogP contribution in [0.4, 0.5) is 11.4 Å². The highest BCUT2D eigenvalue weighted by Gasteiger charge is 2.23. The Labute approximate surface area is 173 Å². The van der Waals surface area contributed by atoms with E-state index in [9.17, 15) is 9.59 Å². The molecule has 1 aromatic carbocycles. The van der Waals surface area contributed by atoms with E-state index in [1.807, 2.05) is 12.1 Å². The third-order valence-corrected chi connectivity index (χ3v) is 6.19. The number of aryl methyl sites for hydroxylation is 2. The van der Waals surface area contributed by atoms with Gasteiger partial charge in [0.05, 0.1) is 16.8 Å². The SMILES string of the molecule is CC1CCc2c(sc3nc(CCC(=O)Nc4ccccc4N)[nH]c(=O)c23)C1.Cl. The molecule has 0 fully saturated rings. The summed E-state index contributed by atoms with van der Waals surface area (Å²) in [5, 5.41) is 3.54. The maximum atomic E-state index is 12.6. The zero-order chi connectivity index (χ0) is 19.0. The summed E-state index contributed by atoms with van der Waals surface area (Å²) in [7, 11) is 0. The summed E-state index contributed by atoms with van der Waals surface area (Å²) in [6.07, 6.45) is 3.68. The fourth-order valence-corrected chi connectivity index (χ4v) is 4.97. The quantitative estimate of drug-likeness (QED) is 0.562. The molecule has 1 aliphatic rings. The van der Waals surface area contributed by atoms with Crippen LogP contribution in [0, 0.1) is 5.92 Å². The van der Waals surface area contributed by atoms with Gasteiger partial charge in [-0.05, 0) is 42.9 Å². The molecule has 1 amide bonds. The van der Waals surface area contributed by atoms with Crippen LogP contribution in [0.3, 0.4) is 0 Å². The van der Waals surface area contributed by atoms with Crippen LogP contribution in [0.5, 0.6) is 0 Å². The van der Waals surface area contributed by atoms with Crippen LogP contribution in [0.2, 0.25) is 0 Å². The van der Waals surface area contributed by atoms with Crippen LogP contribution in [-0.4, -0.2) is 15.9 Å². The van der Waals surface area contributed by atoms with E-state index in [0.717, 1.165) is 29.5 Å². The van der Waals surface area contributed by atoms with E-state index in [1.165, 1.54) is 10.4 Å². The summed E-state index contributed by atoms with van der Waals surface area (Å²) in [6, 6.07) is 7.13. The number of amides is 1. The molecule has 2 heterocycles. The van der Waals surface area contributed by atoms with Gasteiger partial charge in [-0.2, -0.15) is 0 Å². The molecule has 3 aromatic rings. The second-order valence-electron chi connectivity index (χ2n) is 7.18. The first-order chi connectivity index (χ1) is 13.0. The molecule has 2 aromatic heterocycles. The molecule has 0 spiro atoms. The smallest absolute Gasteiger partial charge is 0.259 e.